The summed E-state index contributed by atoms with van der Waals surface area (Å²) in [6.07, 6.45) is -2.08. The summed E-state index contributed by atoms with van der Waals surface area (Å²) in [7, 11) is 0. The predicted molar refractivity (Wildman–Crippen MR) is 114 cm³/mol. The van der Waals surface area contributed by atoms with Crippen molar-refractivity contribution in [1.82, 2.24) is 19.5 Å². The Balaban J connectivity index is 1.55. The van der Waals surface area contributed by atoms with Crippen molar-refractivity contribution in [3.8, 4) is 17.1 Å². The number of aliphatic hydroxyl groups is 1. The van der Waals surface area contributed by atoms with Crippen LogP contribution in [-0.2, 0) is 6.42 Å². The number of carbonyl (C=O) groups excluding carboxylic acids is 1. The fourth-order valence-corrected chi connectivity index (χ4v) is 3.19. The fraction of sp³-hybridized carbons (Fsp3) is 0.273. The average Bonchev–Trinajstić information content (AvgIpc) is 3.42. The molecule has 0 aliphatic rings. The number of anilines is 1. The summed E-state index contributed by atoms with van der Waals surface area (Å²) in [5.74, 6) is 0.328. The summed E-state index contributed by atoms with van der Waals surface area (Å²) in [6.45, 7) is 4.23. The number of hydrogen-bond acceptors (Lipinski definition) is 7. The summed E-state index contributed by atoms with van der Waals surface area (Å²) in [4.78, 5) is 21.3. The van der Waals surface area contributed by atoms with Gasteiger partial charge in [0.25, 0.3) is 12.3 Å². The van der Waals surface area contributed by atoms with Crippen molar-refractivity contribution < 1.29 is 27.9 Å². The quantitative estimate of drug-likeness (QED) is 0.416. The Morgan fingerprint density at radius 2 is 2.12 bits per heavy atom. The summed E-state index contributed by atoms with van der Waals surface area (Å²) in [5.41, 5.74) is 2.72. The maximum Gasteiger partial charge on any atom is 0.274 e. The number of pyridine rings is 1. The topological polar surface area (TPSA) is 115 Å². The minimum absolute atomic E-state index is 0.110. The molecule has 1 aromatic carbocycles. The maximum absolute atomic E-state index is 12.9. The standard InChI is InChI=1S/C22H21F2N5O4/c1-3-32-14-6-7-29-16(11-25-18(29)9-14)22(31)26-15-8-13(5-4-12(15)2)21-27-19(33-28-21)10-17(30)20(23)24/h4-9,11,17,20,30H,3,10H2,1-2H3,(H,26,31)/t17-/m0/s1. The van der Waals surface area contributed by atoms with E-state index in [1.807, 2.05) is 13.8 Å². The van der Waals surface area contributed by atoms with Gasteiger partial charge in [0.1, 0.15) is 23.2 Å². The normalized spacial score (nSPS) is 12.3. The lowest BCUT2D eigenvalue weighted by Crippen LogP contribution is -2.20. The zero-order valence-corrected chi connectivity index (χ0v) is 17.8. The Bertz CT molecular complexity index is 1290. The number of carbonyl (C=O) groups is 1. The molecule has 1 atom stereocenters. The van der Waals surface area contributed by atoms with Gasteiger partial charge < -0.3 is 19.7 Å². The number of halogens is 2. The minimum Gasteiger partial charge on any atom is -0.494 e. The molecule has 3 heterocycles. The smallest absolute Gasteiger partial charge is 0.274 e. The van der Waals surface area contributed by atoms with Gasteiger partial charge in [0.15, 0.2) is 0 Å². The number of rotatable bonds is 8. The fourth-order valence-electron chi connectivity index (χ4n) is 3.19. The molecule has 1 amide bonds. The van der Waals surface area contributed by atoms with E-state index in [9.17, 15) is 18.7 Å². The maximum atomic E-state index is 12.9. The molecular weight excluding hydrogens is 436 g/mol. The summed E-state index contributed by atoms with van der Waals surface area (Å²) in [5, 5.41) is 15.9. The number of fused-ring (bicyclic) bond motifs is 1. The number of nitrogens with one attached hydrogen (secondary N) is 1. The van der Waals surface area contributed by atoms with Crippen molar-refractivity contribution in [1.29, 1.82) is 0 Å². The van der Waals surface area contributed by atoms with E-state index in [2.05, 4.69) is 20.4 Å². The van der Waals surface area contributed by atoms with Crippen LogP contribution in [0.15, 0.2) is 47.2 Å². The number of alkyl halides is 2. The van der Waals surface area contributed by atoms with Crippen molar-refractivity contribution in [2.24, 2.45) is 0 Å². The van der Waals surface area contributed by atoms with Gasteiger partial charge in [-0.1, -0.05) is 17.3 Å². The third-order valence-corrected chi connectivity index (χ3v) is 4.92. The Labute approximate surface area is 187 Å². The van der Waals surface area contributed by atoms with Gasteiger partial charge in [-0.2, -0.15) is 4.98 Å². The summed E-state index contributed by atoms with van der Waals surface area (Å²) in [6, 6.07) is 8.62. The summed E-state index contributed by atoms with van der Waals surface area (Å²) >= 11 is 0. The molecule has 4 aromatic rings. The van der Waals surface area contributed by atoms with E-state index in [0.717, 1.165) is 5.56 Å². The highest BCUT2D eigenvalue weighted by Gasteiger charge is 2.21. The van der Waals surface area contributed by atoms with E-state index < -0.39 is 19.0 Å². The van der Waals surface area contributed by atoms with E-state index in [-0.39, 0.29) is 17.6 Å². The Kier molecular flexibility index (Phi) is 6.31. The van der Waals surface area contributed by atoms with Crippen LogP contribution < -0.4 is 10.1 Å². The van der Waals surface area contributed by atoms with E-state index in [1.54, 1.807) is 40.9 Å². The predicted octanol–water partition coefficient (Wildman–Crippen LogP) is 3.51. The van der Waals surface area contributed by atoms with E-state index in [0.29, 0.717) is 34.9 Å². The highest BCUT2D eigenvalue weighted by molar-refractivity contribution is 6.04. The van der Waals surface area contributed by atoms with Gasteiger partial charge in [-0.15, -0.1) is 0 Å². The van der Waals surface area contributed by atoms with Crippen LogP contribution >= 0.6 is 0 Å². The lowest BCUT2D eigenvalue weighted by molar-refractivity contribution is -0.00754. The van der Waals surface area contributed by atoms with Crippen molar-refractivity contribution in [3.63, 3.8) is 0 Å². The second-order valence-electron chi connectivity index (χ2n) is 7.27. The molecule has 0 fully saturated rings. The van der Waals surface area contributed by atoms with Gasteiger partial charge in [0.2, 0.25) is 11.7 Å². The second kappa shape index (κ2) is 9.33. The first kappa shape index (κ1) is 22.3. The molecule has 3 aromatic heterocycles. The molecule has 0 unspecified atom stereocenters. The summed E-state index contributed by atoms with van der Waals surface area (Å²) < 4.78 is 37.1. The highest BCUT2D eigenvalue weighted by atomic mass is 19.3. The third-order valence-electron chi connectivity index (χ3n) is 4.92. The van der Waals surface area contributed by atoms with Crippen molar-refractivity contribution in [2.45, 2.75) is 32.8 Å². The average molecular weight is 457 g/mol. The zero-order chi connectivity index (χ0) is 23.5. The number of imidazole rings is 1. The molecule has 11 heteroatoms. The van der Waals surface area contributed by atoms with Crippen LogP contribution in [0.1, 0.15) is 28.9 Å². The van der Waals surface area contributed by atoms with Gasteiger partial charge in [0, 0.05) is 23.5 Å². The SMILES string of the molecule is CCOc1ccn2c(C(=O)Nc3cc(-c4noc(C[C@H](O)C(F)F)n4)ccc3C)cnc2c1. The van der Waals surface area contributed by atoms with Crippen LogP contribution in [0.4, 0.5) is 14.5 Å². The van der Waals surface area contributed by atoms with Gasteiger partial charge in [-0.25, -0.2) is 13.8 Å². The van der Waals surface area contributed by atoms with Gasteiger partial charge in [-0.3, -0.25) is 9.20 Å². The van der Waals surface area contributed by atoms with Crippen LogP contribution in [0.2, 0.25) is 0 Å². The number of aromatic nitrogens is 4. The molecule has 0 aliphatic carbocycles. The number of ether oxygens (including phenoxy) is 1. The first-order valence-electron chi connectivity index (χ1n) is 10.2. The number of amides is 1. The molecule has 0 aliphatic heterocycles. The third kappa shape index (κ3) is 4.82. The molecule has 0 bridgehead atoms. The van der Waals surface area contributed by atoms with E-state index in [1.165, 1.54) is 6.20 Å². The van der Waals surface area contributed by atoms with Gasteiger partial charge in [0.05, 0.1) is 19.2 Å². The number of nitrogens with zero attached hydrogens (tertiary/aromatic N) is 4. The molecule has 33 heavy (non-hydrogen) atoms. The van der Waals surface area contributed by atoms with Crippen molar-refractivity contribution >= 4 is 17.2 Å². The molecule has 0 saturated heterocycles. The van der Waals surface area contributed by atoms with Crippen LogP contribution in [0, 0.1) is 6.92 Å². The van der Waals surface area contributed by atoms with Crippen LogP contribution in [0.5, 0.6) is 5.75 Å². The highest BCUT2D eigenvalue weighted by Crippen LogP contribution is 2.25. The molecule has 4 rings (SSSR count). The Morgan fingerprint density at radius 3 is 2.88 bits per heavy atom. The van der Waals surface area contributed by atoms with E-state index >= 15 is 0 Å². The number of benzene rings is 1. The first-order valence-corrected chi connectivity index (χ1v) is 10.2. The first-order chi connectivity index (χ1) is 15.9. The molecule has 9 nitrogen and oxygen atoms in total. The Morgan fingerprint density at radius 1 is 1.30 bits per heavy atom. The lowest BCUT2D eigenvalue weighted by Gasteiger charge is -2.10. The van der Waals surface area contributed by atoms with Gasteiger partial charge >= 0.3 is 0 Å². The second-order valence-corrected chi connectivity index (χ2v) is 7.27. The van der Waals surface area contributed by atoms with Crippen LogP contribution in [0.3, 0.4) is 0 Å². The lowest BCUT2D eigenvalue weighted by atomic mass is 10.1. The molecule has 0 radical (unpaired) electrons. The monoisotopic (exact) mass is 457 g/mol. The minimum atomic E-state index is -2.91. The van der Waals surface area contributed by atoms with E-state index in [4.69, 9.17) is 9.26 Å². The van der Waals surface area contributed by atoms with Crippen LogP contribution in [0.25, 0.3) is 17.0 Å². The molecule has 172 valence electrons. The molecular formula is C22H21F2N5O4. The molecule has 2 N–H and O–H groups in total. The zero-order valence-electron chi connectivity index (χ0n) is 17.8. The molecule has 0 spiro atoms. The molecule has 0 saturated carbocycles. The number of aliphatic hydroxyl groups excluding tert-OH is 1. The number of aryl methyl sites for hydroxylation is 1. The van der Waals surface area contributed by atoms with Crippen LogP contribution in [-0.4, -0.2) is 49.7 Å². The Hall–Kier alpha value is -3.86. The largest absolute Gasteiger partial charge is 0.494 e. The van der Waals surface area contributed by atoms with Crippen molar-refractivity contribution in [2.75, 3.05) is 11.9 Å². The van der Waals surface area contributed by atoms with Gasteiger partial charge in [-0.05, 0) is 31.5 Å². The van der Waals surface area contributed by atoms with Crippen molar-refractivity contribution in [3.05, 3.63) is 59.9 Å². The number of hydrogen-bond donors (Lipinski definition) is 2.